The van der Waals surface area contributed by atoms with Crippen LogP contribution >= 0.6 is 0 Å². The summed E-state index contributed by atoms with van der Waals surface area (Å²) in [6.07, 6.45) is 0. The van der Waals surface area contributed by atoms with E-state index in [-0.39, 0.29) is 48.6 Å². The van der Waals surface area contributed by atoms with Crippen molar-refractivity contribution in [3.05, 3.63) is 95.1 Å². The van der Waals surface area contributed by atoms with Crippen LogP contribution in [0.1, 0.15) is 41.4 Å². The Hall–Kier alpha value is -4.86. The second-order valence-electron chi connectivity index (χ2n) is 7.54. The molecule has 2 amide bonds. The van der Waals surface area contributed by atoms with Crippen molar-refractivity contribution in [2.75, 3.05) is 37.8 Å². The van der Waals surface area contributed by atoms with Crippen molar-refractivity contribution < 1.29 is 28.7 Å². The highest BCUT2D eigenvalue weighted by molar-refractivity contribution is 6.00. The second-order valence-corrected chi connectivity index (χ2v) is 7.54. The molecule has 0 aliphatic rings. The van der Waals surface area contributed by atoms with Crippen LogP contribution in [0.25, 0.3) is 0 Å². The molecule has 0 radical (unpaired) electrons. The third kappa shape index (κ3) is 7.07. The Kier molecular flexibility index (Phi) is 8.99. The summed E-state index contributed by atoms with van der Waals surface area (Å²) in [6, 6.07) is 19.1. The molecule has 0 atom stereocenters. The normalized spacial score (nSPS) is 10.2. The number of para-hydroxylation sites is 2. The van der Waals surface area contributed by atoms with Crippen molar-refractivity contribution in [2.45, 2.75) is 0 Å². The molecule has 0 aliphatic carbocycles. The molecule has 3 rings (SSSR count). The number of carbonyl (C=O) groups excluding carboxylic acids is 4. The van der Waals surface area contributed by atoms with Gasteiger partial charge in [-0.1, -0.05) is 30.3 Å². The minimum Gasteiger partial charge on any atom is -0.460 e. The first kappa shape index (κ1) is 25.8. The molecule has 0 saturated carbocycles. The highest BCUT2D eigenvalue weighted by Gasteiger charge is 2.13. The van der Waals surface area contributed by atoms with E-state index < -0.39 is 23.8 Å². The molecule has 3 aromatic carbocycles. The average Bonchev–Trinajstić information content (AvgIpc) is 2.89. The molecule has 6 N–H and O–H groups in total. The van der Waals surface area contributed by atoms with E-state index in [1.54, 1.807) is 66.7 Å². The average molecular weight is 491 g/mol. The Labute approximate surface area is 207 Å². The zero-order valence-electron chi connectivity index (χ0n) is 19.4. The van der Waals surface area contributed by atoms with E-state index in [1.165, 1.54) is 6.07 Å². The largest absolute Gasteiger partial charge is 0.460 e. The summed E-state index contributed by atoms with van der Waals surface area (Å²) in [6.45, 7) is 0.0505. The van der Waals surface area contributed by atoms with E-state index in [2.05, 4.69) is 10.6 Å². The van der Waals surface area contributed by atoms with Gasteiger partial charge in [-0.05, 0) is 42.5 Å². The molecule has 0 aliphatic heterocycles. The lowest BCUT2D eigenvalue weighted by Crippen LogP contribution is -2.30. The lowest BCUT2D eigenvalue weighted by molar-refractivity contribution is 0.0498. The van der Waals surface area contributed by atoms with Crippen LogP contribution in [0.2, 0.25) is 0 Å². The molecule has 0 aromatic heterocycles. The van der Waals surface area contributed by atoms with Gasteiger partial charge in [0.15, 0.2) is 0 Å². The summed E-state index contributed by atoms with van der Waals surface area (Å²) in [5.74, 6) is -2.04. The van der Waals surface area contributed by atoms with Crippen LogP contribution in [0, 0.1) is 0 Å². The maximum absolute atomic E-state index is 12.4. The highest BCUT2D eigenvalue weighted by atomic mass is 16.5. The SMILES string of the molecule is Nc1ccccc1C(=O)OCCNC(=O)c1cccc(C(=O)NCCOC(=O)c2ccccc2N)c1. The summed E-state index contributed by atoms with van der Waals surface area (Å²) in [4.78, 5) is 48.9. The van der Waals surface area contributed by atoms with E-state index >= 15 is 0 Å². The van der Waals surface area contributed by atoms with Crippen LogP contribution in [0.4, 0.5) is 11.4 Å². The maximum atomic E-state index is 12.4. The number of hydrogen-bond acceptors (Lipinski definition) is 8. The van der Waals surface area contributed by atoms with Crippen LogP contribution in [-0.2, 0) is 9.47 Å². The van der Waals surface area contributed by atoms with Gasteiger partial charge in [0, 0.05) is 22.5 Å². The van der Waals surface area contributed by atoms with Gasteiger partial charge in [0.25, 0.3) is 11.8 Å². The second kappa shape index (κ2) is 12.6. The number of nitrogen functional groups attached to an aromatic ring is 2. The number of nitrogens with one attached hydrogen (secondary N) is 2. The summed E-state index contributed by atoms with van der Waals surface area (Å²) < 4.78 is 10.2. The van der Waals surface area contributed by atoms with E-state index in [9.17, 15) is 19.2 Å². The molecule has 10 heteroatoms. The first-order valence-corrected chi connectivity index (χ1v) is 11.1. The zero-order chi connectivity index (χ0) is 25.9. The predicted molar refractivity (Wildman–Crippen MR) is 133 cm³/mol. The summed E-state index contributed by atoms with van der Waals surface area (Å²) >= 11 is 0. The number of ether oxygens (including phenoxy) is 2. The van der Waals surface area contributed by atoms with Crippen LogP contribution in [0.5, 0.6) is 0 Å². The van der Waals surface area contributed by atoms with Gasteiger partial charge < -0.3 is 31.6 Å². The van der Waals surface area contributed by atoms with Crippen molar-refractivity contribution in [2.24, 2.45) is 0 Å². The number of anilines is 2. The first-order chi connectivity index (χ1) is 17.4. The van der Waals surface area contributed by atoms with Gasteiger partial charge >= 0.3 is 11.9 Å². The van der Waals surface area contributed by atoms with Crippen molar-refractivity contribution in [1.82, 2.24) is 10.6 Å². The minimum absolute atomic E-state index is 0.0492. The third-order valence-corrected chi connectivity index (χ3v) is 4.99. The number of carbonyl (C=O) groups is 4. The Bertz CT molecular complexity index is 1170. The van der Waals surface area contributed by atoms with Gasteiger partial charge in [-0.3, -0.25) is 9.59 Å². The highest BCUT2D eigenvalue weighted by Crippen LogP contribution is 2.12. The van der Waals surface area contributed by atoms with Gasteiger partial charge in [-0.2, -0.15) is 0 Å². The molecule has 0 heterocycles. The zero-order valence-corrected chi connectivity index (χ0v) is 19.4. The van der Waals surface area contributed by atoms with E-state index in [4.69, 9.17) is 20.9 Å². The smallest absolute Gasteiger partial charge is 0.340 e. The van der Waals surface area contributed by atoms with Gasteiger partial charge in [0.1, 0.15) is 13.2 Å². The first-order valence-electron chi connectivity index (χ1n) is 11.1. The number of nitrogens with two attached hydrogens (primary N) is 2. The standard InChI is InChI=1S/C26H26N4O6/c27-21-10-3-1-8-19(21)25(33)35-14-12-29-23(31)17-6-5-7-18(16-17)24(32)30-13-15-36-26(34)20-9-2-4-11-22(20)28/h1-11,16H,12-15,27-28H2,(H,29,31)(H,30,32). The van der Waals surface area contributed by atoms with Gasteiger partial charge in [0.2, 0.25) is 0 Å². The molecule has 36 heavy (non-hydrogen) atoms. The summed E-state index contributed by atoms with van der Waals surface area (Å²) in [5.41, 5.74) is 13.1. The van der Waals surface area contributed by atoms with E-state index in [0.717, 1.165) is 0 Å². The van der Waals surface area contributed by atoms with Gasteiger partial charge in [-0.15, -0.1) is 0 Å². The molecular weight excluding hydrogens is 464 g/mol. The molecule has 10 nitrogen and oxygen atoms in total. The molecule has 0 spiro atoms. The topological polar surface area (TPSA) is 163 Å². The number of amides is 2. The van der Waals surface area contributed by atoms with Crippen molar-refractivity contribution in [3.63, 3.8) is 0 Å². The molecule has 0 unspecified atom stereocenters. The van der Waals surface area contributed by atoms with E-state index in [0.29, 0.717) is 11.4 Å². The monoisotopic (exact) mass is 490 g/mol. The fraction of sp³-hybridized carbons (Fsp3) is 0.154. The van der Waals surface area contributed by atoms with Crippen LogP contribution in [0.3, 0.4) is 0 Å². The Balaban J connectivity index is 1.41. The Morgan fingerprint density at radius 3 is 1.44 bits per heavy atom. The molecular formula is C26H26N4O6. The molecule has 3 aromatic rings. The van der Waals surface area contributed by atoms with Gasteiger partial charge in [-0.25, -0.2) is 9.59 Å². The van der Waals surface area contributed by atoms with Crippen LogP contribution in [0.15, 0.2) is 72.8 Å². The van der Waals surface area contributed by atoms with Crippen molar-refractivity contribution >= 4 is 35.1 Å². The lowest BCUT2D eigenvalue weighted by atomic mass is 10.1. The fourth-order valence-corrected chi connectivity index (χ4v) is 3.14. The minimum atomic E-state index is -0.584. The molecule has 0 saturated heterocycles. The summed E-state index contributed by atoms with van der Waals surface area (Å²) in [5, 5.41) is 5.25. The Morgan fingerprint density at radius 1 is 0.611 bits per heavy atom. The van der Waals surface area contributed by atoms with Gasteiger partial charge in [0.05, 0.1) is 24.2 Å². The third-order valence-electron chi connectivity index (χ3n) is 4.99. The number of esters is 2. The van der Waals surface area contributed by atoms with Crippen LogP contribution < -0.4 is 22.1 Å². The summed E-state index contributed by atoms with van der Waals surface area (Å²) in [7, 11) is 0. The number of hydrogen-bond donors (Lipinski definition) is 4. The van der Waals surface area contributed by atoms with Crippen LogP contribution in [-0.4, -0.2) is 50.1 Å². The lowest BCUT2D eigenvalue weighted by Gasteiger charge is -2.10. The number of rotatable bonds is 10. The quantitative estimate of drug-likeness (QED) is 0.191. The Morgan fingerprint density at radius 2 is 1.03 bits per heavy atom. The number of benzene rings is 3. The predicted octanol–water partition coefficient (Wildman–Crippen LogP) is 2.02. The fourth-order valence-electron chi connectivity index (χ4n) is 3.14. The molecule has 0 bridgehead atoms. The molecule has 186 valence electrons. The van der Waals surface area contributed by atoms with Crippen molar-refractivity contribution in [3.8, 4) is 0 Å². The van der Waals surface area contributed by atoms with Crippen molar-refractivity contribution in [1.29, 1.82) is 0 Å². The maximum Gasteiger partial charge on any atom is 0.340 e. The molecule has 0 fully saturated rings. The van der Waals surface area contributed by atoms with E-state index in [1.807, 2.05) is 0 Å².